The summed E-state index contributed by atoms with van der Waals surface area (Å²) in [4.78, 5) is 13.3. The second kappa shape index (κ2) is 10.8. The van der Waals surface area contributed by atoms with E-state index >= 15 is 0 Å². The van der Waals surface area contributed by atoms with Gasteiger partial charge in [-0.1, -0.05) is 30.8 Å². The molecule has 2 N–H and O–H groups in total. The van der Waals surface area contributed by atoms with Crippen LogP contribution in [0.15, 0.2) is 5.11 Å². The third-order valence-electron chi connectivity index (χ3n) is 2.10. The van der Waals surface area contributed by atoms with E-state index in [2.05, 4.69) is 10.0 Å². The molecule has 0 radical (unpaired) electrons. The number of hydrogen-bond acceptors (Lipinski definition) is 3. The van der Waals surface area contributed by atoms with Gasteiger partial charge in [0.25, 0.3) is 0 Å². The summed E-state index contributed by atoms with van der Waals surface area (Å²) < 4.78 is 0. The van der Waals surface area contributed by atoms with Crippen LogP contribution in [0.1, 0.15) is 44.9 Å². The van der Waals surface area contributed by atoms with Crippen LogP contribution in [-0.4, -0.2) is 17.7 Å². The standard InChI is InChI=1S/C9H18N4O2/c10-13-11-8-6-4-2-1-3-5-7-9(14)12-15/h15H,1-8H2,(H,12,14). The quantitative estimate of drug-likeness (QED) is 0.154. The Kier molecular flexibility index (Phi) is 9.91. The maximum Gasteiger partial charge on any atom is 0.243 e. The summed E-state index contributed by atoms with van der Waals surface area (Å²) in [5.74, 6) is -0.321. The van der Waals surface area contributed by atoms with Crippen LogP contribution in [-0.2, 0) is 4.79 Å². The Hall–Kier alpha value is -1.26. The molecule has 0 rings (SSSR count). The highest BCUT2D eigenvalue weighted by molar-refractivity contribution is 5.74. The number of carbonyl (C=O) groups excluding carboxylic acids is 1. The number of rotatable bonds is 9. The lowest BCUT2D eigenvalue weighted by Gasteiger charge is -2.00. The second-order valence-electron chi connectivity index (χ2n) is 3.36. The van der Waals surface area contributed by atoms with Crippen molar-refractivity contribution >= 4 is 5.91 Å². The number of nitrogens with zero attached hydrogens (tertiary/aromatic N) is 3. The van der Waals surface area contributed by atoms with Crippen LogP contribution in [0.3, 0.4) is 0 Å². The number of amides is 1. The number of hydrogen-bond donors (Lipinski definition) is 2. The zero-order chi connectivity index (χ0) is 11.4. The number of hydroxylamine groups is 1. The van der Waals surface area contributed by atoms with Gasteiger partial charge in [-0.25, -0.2) is 5.48 Å². The summed E-state index contributed by atoms with van der Waals surface area (Å²) in [7, 11) is 0. The molecule has 0 bridgehead atoms. The van der Waals surface area contributed by atoms with Gasteiger partial charge in [0, 0.05) is 17.9 Å². The van der Waals surface area contributed by atoms with Crippen molar-refractivity contribution in [3.63, 3.8) is 0 Å². The van der Waals surface area contributed by atoms with Crippen LogP contribution >= 0.6 is 0 Å². The van der Waals surface area contributed by atoms with Crippen LogP contribution in [0.25, 0.3) is 10.4 Å². The summed E-state index contributed by atoms with van der Waals surface area (Å²) in [5.41, 5.74) is 9.62. The van der Waals surface area contributed by atoms with Gasteiger partial charge in [-0.2, -0.15) is 0 Å². The fourth-order valence-electron chi connectivity index (χ4n) is 1.28. The molecule has 6 nitrogen and oxygen atoms in total. The molecule has 0 aromatic rings. The minimum Gasteiger partial charge on any atom is -0.289 e. The van der Waals surface area contributed by atoms with Gasteiger partial charge in [-0.15, -0.1) is 0 Å². The van der Waals surface area contributed by atoms with E-state index in [9.17, 15) is 4.79 Å². The number of azide groups is 1. The monoisotopic (exact) mass is 214 g/mol. The molecule has 0 aromatic carbocycles. The summed E-state index contributed by atoms with van der Waals surface area (Å²) in [6.45, 7) is 0.573. The summed E-state index contributed by atoms with van der Waals surface area (Å²) in [6, 6.07) is 0. The molecule has 0 unspecified atom stereocenters. The molecule has 0 saturated carbocycles. The van der Waals surface area contributed by atoms with Gasteiger partial charge in [0.1, 0.15) is 0 Å². The van der Waals surface area contributed by atoms with Gasteiger partial charge in [0.2, 0.25) is 5.91 Å². The van der Waals surface area contributed by atoms with E-state index in [1.165, 1.54) is 0 Å². The van der Waals surface area contributed by atoms with E-state index in [-0.39, 0.29) is 5.91 Å². The average Bonchev–Trinajstić information content (AvgIpc) is 2.26. The zero-order valence-electron chi connectivity index (χ0n) is 8.85. The van der Waals surface area contributed by atoms with Crippen molar-refractivity contribution in [3.05, 3.63) is 10.4 Å². The lowest BCUT2D eigenvalue weighted by atomic mass is 10.1. The second-order valence-corrected chi connectivity index (χ2v) is 3.36. The number of carbonyl (C=O) groups is 1. The van der Waals surface area contributed by atoms with Crippen LogP contribution in [0.4, 0.5) is 0 Å². The Balaban J connectivity index is 3.05. The third-order valence-corrected chi connectivity index (χ3v) is 2.10. The molecule has 0 spiro atoms. The molecule has 0 aliphatic rings. The van der Waals surface area contributed by atoms with Crippen LogP contribution in [0.5, 0.6) is 0 Å². The predicted molar refractivity (Wildman–Crippen MR) is 56.3 cm³/mol. The highest BCUT2D eigenvalue weighted by Gasteiger charge is 1.97. The first-order chi connectivity index (χ1) is 7.31. The van der Waals surface area contributed by atoms with Crippen molar-refractivity contribution < 1.29 is 10.0 Å². The Bertz CT molecular complexity index is 214. The fraction of sp³-hybridized carbons (Fsp3) is 0.889. The molecule has 1 amide bonds. The summed E-state index contributed by atoms with van der Waals surface area (Å²) in [6.07, 6.45) is 6.36. The molecular formula is C9H18N4O2. The van der Waals surface area contributed by atoms with Crippen molar-refractivity contribution in [2.75, 3.05) is 6.54 Å². The Morgan fingerprint density at radius 2 is 1.80 bits per heavy atom. The molecule has 0 atom stereocenters. The lowest BCUT2D eigenvalue weighted by Crippen LogP contribution is -2.17. The van der Waals surface area contributed by atoms with Crippen molar-refractivity contribution in [2.45, 2.75) is 44.9 Å². The summed E-state index contributed by atoms with van der Waals surface area (Å²) >= 11 is 0. The van der Waals surface area contributed by atoms with Crippen molar-refractivity contribution in [1.29, 1.82) is 0 Å². The minimum absolute atomic E-state index is 0.321. The fourth-order valence-corrected chi connectivity index (χ4v) is 1.28. The van der Waals surface area contributed by atoms with Crippen LogP contribution < -0.4 is 5.48 Å². The first kappa shape index (κ1) is 13.7. The highest BCUT2D eigenvalue weighted by atomic mass is 16.5. The number of nitrogens with one attached hydrogen (secondary N) is 1. The average molecular weight is 214 g/mol. The first-order valence-corrected chi connectivity index (χ1v) is 5.25. The Morgan fingerprint density at radius 3 is 2.40 bits per heavy atom. The molecule has 0 heterocycles. The van der Waals surface area contributed by atoms with E-state index < -0.39 is 0 Å². The van der Waals surface area contributed by atoms with Crippen molar-refractivity contribution in [3.8, 4) is 0 Å². The van der Waals surface area contributed by atoms with E-state index in [0.29, 0.717) is 13.0 Å². The largest absolute Gasteiger partial charge is 0.289 e. The molecule has 0 aliphatic heterocycles. The maximum absolute atomic E-state index is 10.6. The van der Waals surface area contributed by atoms with E-state index in [0.717, 1.165) is 38.5 Å². The van der Waals surface area contributed by atoms with Crippen LogP contribution in [0.2, 0.25) is 0 Å². The Morgan fingerprint density at radius 1 is 1.20 bits per heavy atom. The van der Waals surface area contributed by atoms with Gasteiger partial charge in [0.05, 0.1) is 0 Å². The molecule has 86 valence electrons. The smallest absolute Gasteiger partial charge is 0.243 e. The third kappa shape index (κ3) is 10.7. The summed E-state index contributed by atoms with van der Waals surface area (Å²) in [5, 5.41) is 11.7. The minimum atomic E-state index is -0.321. The molecule has 0 aromatic heterocycles. The van der Waals surface area contributed by atoms with Crippen molar-refractivity contribution in [1.82, 2.24) is 5.48 Å². The lowest BCUT2D eigenvalue weighted by molar-refractivity contribution is -0.129. The SMILES string of the molecule is [N-]=[N+]=NCCCCCCCCC(=O)NO. The zero-order valence-corrected chi connectivity index (χ0v) is 8.85. The van der Waals surface area contributed by atoms with Gasteiger partial charge in [-0.3, -0.25) is 10.0 Å². The van der Waals surface area contributed by atoms with Gasteiger partial charge in [-0.05, 0) is 18.4 Å². The maximum atomic E-state index is 10.6. The predicted octanol–water partition coefficient (Wildman–Crippen LogP) is 2.53. The topological polar surface area (TPSA) is 98.1 Å². The van der Waals surface area contributed by atoms with Gasteiger partial charge >= 0.3 is 0 Å². The molecular weight excluding hydrogens is 196 g/mol. The molecule has 6 heteroatoms. The highest BCUT2D eigenvalue weighted by Crippen LogP contribution is 2.07. The van der Waals surface area contributed by atoms with Gasteiger partial charge < -0.3 is 0 Å². The van der Waals surface area contributed by atoms with E-state index in [1.807, 2.05) is 0 Å². The van der Waals surface area contributed by atoms with Crippen LogP contribution in [0, 0.1) is 0 Å². The molecule has 0 aliphatic carbocycles. The first-order valence-electron chi connectivity index (χ1n) is 5.25. The number of unbranched alkanes of at least 4 members (excludes halogenated alkanes) is 5. The molecule has 15 heavy (non-hydrogen) atoms. The molecule has 0 saturated heterocycles. The van der Waals surface area contributed by atoms with E-state index in [4.69, 9.17) is 10.7 Å². The normalized spacial score (nSPS) is 9.40. The van der Waals surface area contributed by atoms with E-state index in [1.54, 1.807) is 5.48 Å². The van der Waals surface area contributed by atoms with Gasteiger partial charge in [0.15, 0.2) is 0 Å². The van der Waals surface area contributed by atoms with Crippen molar-refractivity contribution in [2.24, 2.45) is 5.11 Å². The molecule has 0 fully saturated rings. The Labute approximate surface area is 89.3 Å².